The second kappa shape index (κ2) is 4.42. The Morgan fingerprint density at radius 3 is 2.91 bits per heavy atom. The molecule has 0 amide bonds. The lowest BCUT2D eigenvalue weighted by Crippen LogP contribution is -2.07. The second-order valence-corrected chi connectivity index (χ2v) is 2.89. The standard InChI is InChI=1S/C8H11BClN/c9-8-3-1-2-7(6-8)4-5-11-10/h1-3,6,11H,4-5,9H2. The van der Waals surface area contributed by atoms with Gasteiger partial charge in [-0.15, -0.1) is 0 Å². The maximum Gasteiger partial charge on any atom is 0.139 e. The fourth-order valence-electron chi connectivity index (χ4n) is 1.06. The summed E-state index contributed by atoms with van der Waals surface area (Å²) in [6, 6.07) is 8.45. The normalized spacial score (nSPS) is 9.91. The first-order chi connectivity index (χ1) is 5.33. The highest BCUT2D eigenvalue weighted by Crippen LogP contribution is 1.96. The van der Waals surface area contributed by atoms with Crippen molar-refractivity contribution in [2.75, 3.05) is 6.54 Å². The van der Waals surface area contributed by atoms with Crippen LogP contribution in [0.2, 0.25) is 0 Å². The van der Waals surface area contributed by atoms with E-state index >= 15 is 0 Å². The molecule has 0 saturated carbocycles. The summed E-state index contributed by atoms with van der Waals surface area (Å²) in [5.41, 5.74) is 2.63. The van der Waals surface area contributed by atoms with Gasteiger partial charge in [0.1, 0.15) is 7.85 Å². The average Bonchev–Trinajstić information content (AvgIpc) is 2.01. The first kappa shape index (κ1) is 8.63. The van der Waals surface area contributed by atoms with Crippen LogP contribution in [0.3, 0.4) is 0 Å². The van der Waals surface area contributed by atoms with E-state index in [4.69, 9.17) is 11.8 Å². The molecule has 0 unspecified atom stereocenters. The largest absolute Gasteiger partial charge is 0.233 e. The maximum absolute atomic E-state index is 5.34. The van der Waals surface area contributed by atoms with Crippen LogP contribution in [-0.2, 0) is 6.42 Å². The predicted octanol–water partition coefficient (Wildman–Crippen LogP) is 0.231. The molecule has 0 saturated heterocycles. The number of hydrogen-bond acceptors (Lipinski definition) is 1. The molecule has 0 aliphatic heterocycles. The smallest absolute Gasteiger partial charge is 0.139 e. The van der Waals surface area contributed by atoms with Gasteiger partial charge in [0.2, 0.25) is 0 Å². The van der Waals surface area contributed by atoms with Crippen LogP contribution >= 0.6 is 11.8 Å². The average molecular weight is 167 g/mol. The molecule has 0 spiro atoms. The third kappa shape index (κ3) is 2.96. The van der Waals surface area contributed by atoms with Gasteiger partial charge in [-0.05, 0) is 23.8 Å². The minimum atomic E-state index is 0.824. The van der Waals surface area contributed by atoms with Gasteiger partial charge in [-0.25, -0.2) is 4.84 Å². The molecule has 0 heterocycles. The van der Waals surface area contributed by atoms with E-state index in [1.807, 2.05) is 0 Å². The van der Waals surface area contributed by atoms with Crippen molar-refractivity contribution in [2.45, 2.75) is 6.42 Å². The molecule has 0 aliphatic rings. The highest BCUT2D eigenvalue weighted by molar-refractivity contribution is 6.32. The molecule has 3 heteroatoms. The first-order valence-corrected chi connectivity index (χ1v) is 4.10. The molecule has 1 rings (SSSR count). The van der Waals surface area contributed by atoms with Gasteiger partial charge in [-0.2, -0.15) is 0 Å². The Balaban J connectivity index is 2.56. The molecule has 11 heavy (non-hydrogen) atoms. The topological polar surface area (TPSA) is 12.0 Å². The summed E-state index contributed by atoms with van der Waals surface area (Å²) in [4.78, 5) is 2.61. The van der Waals surface area contributed by atoms with Crippen molar-refractivity contribution in [3.63, 3.8) is 0 Å². The Labute approximate surface area is 73.3 Å². The number of hydrogen-bond donors (Lipinski definition) is 1. The second-order valence-electron chi connectivity index (χ2n) is 2.62. The monoisotopic (exact) mass is 167 g/mol. The highest BCUT2D eigenvalue weighted by atomic mass is 35.5. The molecule has 1 aromatic carbocycles. The molecule has 0 atom stereocenters. The van der Waals surface area contributed by atoms with Crippen LogP contribution in [0.5, 0.6) is 0 Å². The SMILES string of the molecule is Bc1cccc(CCNCl)c1. The molecular weight excluding hydrogens is 156 g/mol. The van der Waals surface area contributed by atoms with Crippen molar-refractivity contribution < 1.29 is 0 Å². The molecular formula is C8H11BClN. The van der Waals surface area contributed by atoms with Crippen LogP contribution in [0, 0.1) is 0 Å². The van der Waals surface area contributed by atoms with E-state index in [2.05, 4.69) is 36.9 Å². The third-order valence-corrected chi connectivity index (χ3v) is 1.78. The molecule has 58 valence electrons. The van der Waals surface area contributed by atoms with Crippen molar-refractivity contribution >= 4 is 25.1 Å². The molecule has 1 nitrogen and oxygen atoms in total. The van der Waals surface area contributed by atoms with Crippen LogP contribution in [-0.4, -0.2) is 14.4 Å². The minimum absolute atomic E-state index is 0.824. The highest BCUT2D eigenvalue weighted by Gasteiger charge is 1.91. The summed E-state index contributed by atoms with van der Waals surface area (Å²) in [6.45, 7) is 0.824. The van der Waals surface area contributed by atoms with Gasteiger partial charge in [-0.1, -0.05) is 29.7 Å². The van der Waals surface area contributed by atoms with Crippen molar-refractivity contribution in [1.82, 2.24) is 4.84 Å². The molecule has 1 N–H and O–H groups in total. The van der Waals surface area contributed by atoms with Crippen molar-refractivity contribution in [1.29, 1.82) is 0 Å². The lowest BCUT2D eigenvalue weighted by atomic mass is 9.94. The van der Waals surface area contributed by atoms with Crippen LogP contribution in [0.4, 0.5) is 0 Å². The summed E-state index contributed by atoms with van der Waals surface area (Å²) in [6.07, 6.45) is 0.991. The zero-order valence-electron chi connectivity index (χ0n) is 6.60. The van der Waals surface area contributed by atoms with E-state index in [1.165, 1.54) is 11.0 Å². The van der Waals surface area contributed by atoms with Gasteiger partial charge >= 0.3 is 0 Å². The third-order valence-electron chi connectivity index (χ3n) is 1.59. The lowest BCUT2D eigenvalue weighted by molar-refractivity contribution is 0.900. The van der Waals surface area contributed by atoms with Crippen LogP contribution in [0.15, 0.2) is 24.3 Å². The van der Waals surface area contributed by atoms with Crippen molar-refractivity contribution in [3.05, 3.63) is 29.8 Å². The lowest BCUT2D eigenvalue weighted by Gasteiger charge is -1.99. The predicted molar refractivity (Wildman–Crippen MR) is 52.2 cm³/mol. The molecule has 0 bridgehead atoms. The number of halogens is 1. The summed E-state index contributed by atoms with van der Waals surface area (Å²) in [7, 11) is 2.09. The van der Waals surface area contributed by atoms with E-state index in [0.717, 1.165) is 13.0 Å². The van der Waals surface area contributed by atoms with Crippen LogP contribution < -0.4 is 10.3 Å². The van der Waals surface area contributed by atoms with E-state index < -0.39 is 0 Å². The molecule has 0 aromatic heterocycles. The number of rotatable bonds is 3. The van der Waals surface area contributed by atoms with E-state index in [1.54, 1.807) is 0 Å². The quantitative estimate of drug-likeness (QED) is 0.502. The summed E-state index contributed by atoms with van der Waals surface area (Å²) in [5, 5.41) is 0. The van der Waals surface area contributed by atoms with Gasteiger partial charge in [0, 0.05) is 6.54 Å². The van der Waals surface area contributed by atoms with Gasteiger partial charge in [0.25, 0.3) is 0 Å². The van der Waals surface area contributed by atoms with Gasteiger partial charge < -0.3 is 0 Å². The van der Waals surface area contributed by atoms with Crippen LogP contribution in [0.1, 0.15) is 5.56 Å². The summed E-state index contributed by atoms with van der Waals surface area (Å²) in [5.74, 6) is 0. The van der Waals surface area contributed by atoms with Crippen molar-refractivity contribution in [2.24, 2.45) is 0 Å². The fourth-order valence-corrected chi connectivity index (χ4v) is 1.15. The molecule has 0 aliphatic carbocycles. The van der Waals surface area contributed by atoms with Crippen molar-refractivity contribution in [3.8, 4) is 0 Å². The number of nitrogens with one attached hydrogen (secondary N) is 1. The van der Waals surface area contributed by atoms with E-state index in [0.29, 0.717) is 0 Å². The van der Waals surface area contributed by atoms with Gasteiger partial charge in [0.15, 0.2) is 0 Å². The summed E-state index contributed by atoms with van der Waals surface area (Å²) < 4.78 is 0. The molecule has 0 fully saturated rings. The van der Waals surface area contributed by atoms with Gasteiger partial charge in [0.05, 0.1) is 0 Å². The van der Waals surface area contributed by atoms with E-state index in [-0.39, 0.29) is 0 Å². The minimum Gasteiger partial charge on any atom is -0.233 e. The zero-order valence-corrected chi connectivity index (χ0v) is 7.36. The Bertz CT molecular complexity index is 227. The Hall–Kier alpha value is -0.465. The van der Waals surface area contributed by atoms with E-state index in [9.17, 15) is 0 Å². The Kier molecular flexibility index (Phi) is 3.47. The number of benzene rings is 1. The maximum atomic E-state index is 5.34. The Morgan fingerprint density at radius 1 is 1.45 bits per heavy atom. The van der Waals surface area contributed by atoms with Crippen LogP contribution in [0.25, 0.3) is 0 Å². The van der Waals surface area contributed by atoms with Gasteiger partial charge in [-0.3, -0.25) is 0 Å². The molecule has 0 radical (unpaired) electrons. The fraction of sp³-hybridized carbons (Fsp3) is 0.250. The Morgan fingerprint density at radius 2 is 2.27 bits per heavy atom. The first-order valence-electron chi connectivity index (χ1n) is 3.72. The molecule has 1 aromatic rings. The summed E-state index contributed by atoms with van der Waals surface area (Å²) >= 11 is 5.34. The zero-order chi connectivity index (χ0) is 8.10.